The van der Waals surface area contributed by atoms with Gasteiger partial charge in [0, 0.05) is 12.8 Å². The number of rotatable bonds is 0. The molecule has 5 fully saturated rings. The van der Waals surface area contributed by atoms with Crippen LogP contribution in [0.2, 0.25) is 0 Å². The molecule has 3 saturated carbocycles. The van der Waals surface area contributed by atoms with E-state index in [-0.39, 0.29) is 11.9 Å². The smallest absolute Gasteiger partial charge is 0.169 e. The summed E-state index contributed by atoms with van der Waals surface area (Å²) in [7, 11) is 0. The van der Waals surface area contributed by atoms with E-state index in [1.165, 1.54) is 38.5 Å². The molecule has 0 aromatic rings. The van der Waals surface area contributed by atoms with Crippen molar-refractivity contribution < 1.29 is 14.6 Å². The maximum atomic E-state index is 10.2. The quantitative estimate of drug-likeness (QED) is 0.548. The molecule has 0 unspecified atom stereocenters. The Labute approximate surface area is 176 Å². The van der Waals surface area contributed by atoms with Crippen LogP contribution >= 0.6 is 0 Å². The lowest BCUT2D eigenvalue weighted by Crippen LogP contribution is -2.51. The third kappa shape index (κ3) is 2.66. The van der Waals surface area contributed by atoms with Crippen LogP contribution in [-0.4, -0.2) is 29.7 Å². The summed E-state index contributed by atoms with van der Waals surface area (Å²) in [4.78, 5) is 0. The molecule has 3 nitrogen and oxygen atoms in total. The molecule has 6 aliphatic rings. The molecule has 2 aliphatic heterocycles. The van der Waals surface area contributed by atoms with E-state index in [9.17, 15) is 5.11 Å². The molecule has 1 spiro atoms. The Hall–Kier alpha value is -0.380. The summed E-state index contributed by atoms with van der Waals surface area (Å²) in [5.74, 6) is 3.55. The minimum absolute atomic E-state index is 0.103. The highest BCUT2D eigenvalue weighted by Crippen LogP contribution is 2.69. The van der Waals surface area contributed by atoms with Crippen molar-refractivity contribution in [1.82, 2.24) is 0 Å². The number of allylic oxidation sites excluding steroid dienone is 1. The third-order valence-electron chi connectivity index (χ3n) is 10.8. The number of hydrogen-bond donors (Lipinski definition) is 1. The van der Waals surface area contributed by atoms with E-state index in [1.807, 2.05) is 0 Å². The Bertz CT molecular complexity index is 707. The first-order valence-electron chi connectivity index (χ1n) is 12.5. The van der Waals surface area contributed by atoms with Gasteiger partial charge in [0.25, 0.3) is 0 Å². The molecule has 10 atom stereocenters. The van der Waals surface area contributed by atoms with E-state index < -0.39 is 0 Å². The van der Waals surface area contributed by atoms with Crippen molar-refractivity contribution in [2.75, 3.05) is 6.61 Å². The van der Waals surface area contributed by atoms with Crippen LogP contribution in [0.25, 0.3) is 0 Å². The van der Waals surface area contributed by atoms with Crippen LogP contribution in [0.15, 0.2) is 11.6 Å². The summed E-state index contributed by atoms with van der Waals surface area (Å²) in [6.07, 6.45) is 14.7. The fraction of sp³-hybridized carbons (Fsp3) is 0.923. The minimum atomic E-state index is -0.252. The van der Waals surface area contributed by atoms with Gasteiger partial charge in [-0.05, 0) is 91.8 Å². The molecule has 0 radical (unpaired) electrons. The summed E-state index contributed by atoms with van der Waals surface area (Å²) < 4.78 is 13.1. The molecule has 0 aromatic carbocycles. The molecular formula is C26H40O3. The molecule has 0 aromatic heterocycles. The van der Waals surface area contributed by atoms with E-state index in [0.29, 0.717) is 28.8 Å². The number of fused-ring (bicyclic) bond motifs is 7. The molecule has 162 valence electrons. The topological polar surface area (TPSA) is 38.7 Å². The number of hydrogen-bond acceptors (Lipinski definition) is 3. The van der Waals surface area contributed by atoms with Crippen molar-refractivity contribution in [3.8, 4) is 0 Å². The zero-order valence-corrected chi connectivity index (χ0v) is 18.7. The molecule has 0 bridgehead atoms. The maximum absolute atomic E-state index is 10.2. The Kier molecular flexibility index (Phi) is 4.21. The molecule has 3 heteroatoms. The molecular weight excluding hydrogens is 360 g/mol. The van der Waals surface area contributed by atoms with Gasteiger partial charge in [-0.1, -0.05) is 32.4 Å². The largest absolute Gasteiger partial charge is 0.393 e. The summed E-state index contributed by atoms with van der Waals surface area (Å²) in [6.45, 7) is 8.32. The van der Waals surface area contributed by atoms with Crippen molar-refractivity contribution in [1.29, 1.82) is 0 Å². The van der Waals surface area contributed by atoms with Crippen LogP contribution in [0.1, 0.15) is 85.0 Å². The predicted octanol–water partition coefficient (Wildman–Crippen LogP) is 5.47. The van der Waals surface area contributed by atoms with Crippen LogP contribution in [0, 0.1) is 40.4 Å². The van der Waals surface area contributed by atoms with Gasteiger partial charge in [-0.2, -0.15) is 0 Å². The molecule has 6 rings (SSSR count). The van der Waals surface area contributed by atoms with E-state index in [1.54, 1.807) is 5.57 Å². The van der Waals surface area contributed by atoms with Crippen LogP contribution < -0.4 is 0 Å². The second-order valence-electron chi connectivity index (χ2n) is 12.3. The molecule has 4 aliphatic carbocycles. The lowest BCUT2D eigenvalue weighted by Gasteiger charge is -2.58. The first kappa shape index (κ1) is 19.3. The average molecular weight is 401 g/mol. The Morgan fingerprint density at radius 1 is 1.03 bits per heavy atom. The van der Waals surface area contributed by atoms with Crippen molar-refractivity contribution in [2.45, 2.75) is 103 Å². The fourth-order valence-electron chi connectivity index (χ4n) is 9.06. The van der Waals surface area contributed by atoms with Gasteiger partial charge >= 0.3 is 0 Å². The summed E-state index contributed by atoms with van der Waals surface area (Å²) in [5.41, 5.74) is 2.35. The number of aliphatic hydroxyl groups excluding tert-OH is 1. The molecule has 29 heavy (non-hydrogen) atoms. The number of ether oxygens (including phenoxy) is 2. The second-order valence-corrected chi connectivity index (χ2v) is 12.3. The van der Waals surface area contributed by atoms with Crippen LogP contribution in [0.5, 0.6) is 0 Å². The third-order valence-corrected chi connectivity index (χ3v) is 10.8. The first-order chi connectivity index (χ1) is 13.8. The van der Waals surface area contributed by atoms with Gasteiger partial charge in [-0.3, -0.25) is 0 Å². The SMILES string of the molecule is C[C@H]1CC[C@]2(C[C@H]3[C@H](C[C@H]4[C@@H]5CC=C6C[C@@H](O)CC[C@]6(C)[C@H]5CC[C@@]43C)O2)OC1. The van der Waals surface area contributed by atoms with Gasteiger partial charge in [0.15, 0.2) is 5.79 Å². The normalized spacial score (nSPS) is 58.9. The van der Waals surface area contributed by atoms with Crippen LogP contribution in [0.4, 0.5) is 0 Å². The van der Waals surface area contributed by atoms with E-state index >= 15 is 0 Å². The molecule has 2 heterocycles. The molecule has 1 N–H and O–H groups in total. The Morgan fingerprint density at radius 2 is 1.90 bits per heavy atom. The van der Waals surface area contributed by atoms with Crippen LogP contribution in [0.3, 0.4) is 0 Å². The van der Waals surface area contributed by atoms with Crippen molar-refractivity contribution in [2.24, 2.45) is 40.4 Å². The Balaban J connectivity index is 1.25. The standard InChI is InChI=1S/C26H40O3/c1-16-6-11-26(28-15-16)14-22-23(29-26)13-21-19-5-4-17-12-18(27)7-9-24(17,2)20(19)8-10-25(21,22)3/h4,16,18-23,27H,5-15H2,1-3H3/t16-,18-,19+,20-,21-,22-,23-,24-,25-,26-/m0/s1. The molecule has 0 amide bonds. The van der Waals surface area contributed by atoms with Gasteiger partial charge in [-0.15, -0.1) is 0 Å². The van der Waals surface area contributed by atoms with Crippen LogP contribution in [-0.2, 0) is 9.47 Å². The van der Waals surface area contributed by atoms with E-state index in [2.05, 4.69) is 26.8 Å². The number of aliphatic hydroxyl groups is 1. The van der Waals surface area contributed by atoms with Gasteiger partial charge < -0.3 is 14.6 Å². The Morgan fingerprint density at radius 3 is 2.69 bits per heavy atom. The summed E-state index contributed by atoms with van der Waals surface area (Å²) in [6, 6.07) is 0. The molecule has 2 saturated heterocycles. The van der Waals surface area contributed by atoms with Crippen molar-refractivity contribution in [3.05, 3.63) is 11.6 Å². The highest BCUT2D eigenvalue weighted by atomic mass is 16.7. The van der Waals surface area contributed by atoms with Gasteiger partial charge in [0.2, 0.25) is 0 Å². The average Bonchev–Trinajstić information content (AvgIpc) is 3.18. The van der Waals surface area contributed by atoms with Gasteiger partial charge in [0.05, 0.1) is 18.8 Å². The maximum Gasteiger partial charge on any atom is 0.169 e. The van der Waals surface area contributed by atoms with Crippen molar-refractivity contribution in [3.63, 3.8) is 0 Å². The fourth-order valence-corrected chi connectivity index (χ4v) is 9.06. The van der Waals surface area contributed by atoms with E-state index in [0.717, 1.165) is 50.0 Å². The highest BCUT2D eigenvalue weighted by molar-refractivity contribution is 5.26. The lowest BCUT2D eigenvalue weighted by molar-refractivity contribution is -0.255. The van der Waals surface area contributed by atoms with Gasteiger partial charge in [-0.25, -0.2) is 0 Å². The zero-order valence-electron chi connectivity index (χ0n) is 18.7. The predicted molar refractivity (Wildman–Crippen MR) is 113 cm³/mol. The first-order valence-corrected chi connectivity index (χ1v) is 12.5. The van der Waals surface area contributed by atoms with E-state index in [4.69, 9.17) is 9.47 Å². The van der Waals surface area contributed by atoms with Gasteiger partial charge in [0.1, 0.15) is 0 Å². The zero-order chi connectivity index (χ0) is 20.0. The summed E-state index contributed by atoms with van der Waals surface area (Å²) in [5, 5.41) is 10.2. The highest BCUT2D eigenvalue weighted by Gasteiger charge is 2.65. The minimum Gasteiger partial charge on any atom is -0.393 e. The summed E-state index contributed by atoms with van der Waals surface area (Å²) >= 11 is 0. The monoisotopic (exact) mass is 400 g/mol. The lowest BCUT2D eigenvalue weighted by atomic mass is 9.47. The second kappa shape index (κ2) is 6.33. The van der Waals surface area contributed by atoms with Crippen molar-refractivity contribution >= 4 is 0 Å².